The van der Waals surface area contributed by atoms with Gasteiger partial charge < -0.3 is 10.0 Å². The summed E-state index contributed by atoms with van der Waals surface area (Å²) >= 11 is 0. The number of hydrogen-bond donors (Lipinski definition) is 1. The molecule has 0 spiro atoms. The Balaban J connectivity index is 2.02. The Labute approximate surface area is 108 Å². The number of rotatable bonds is 4. The summed E-state index contributed by atoms with van der Waals surface area (Å²) in [6.45, 7) is 2.77. The predicted molar refractivity (Wildman–Crippen MR) is 71.4 cm³/mol. The van der Waals surface area contributed by atoms with E-state index in [0.717, 1.165) is 31.6 Å². The third kappa shape index (κ3) is 3.21. The van der Waals surface area contributed by atoms with Crippen molar-refractivity contribution in [3.05, 3.63) is 30.1 Å². The van der Waals surface area contributed by atoms with Gasteiger partial charge in [0.1, 0.15) is 5.82 Å². The average molecular weight is 252 g/mol. The Morgan fingerprint density at radius 2 is 2.33 bits per heavy atom. The van der Waals surface area contributed by atoms with Gasteiger partial charge in [-0.3, -0.25) is 4.90 Å². The molecule has 1 N–H and O–H groups in total. The number of aliphatic hydroxyl groups excluding tert-OH is 1. The van der Waals surface area contributed by atoms with Gasteiger partial charge in [0.15, 0.2) is 0 Å². The number of piperidine rings is 1. The highest BCUT2D eigenvalue weighted by molar-refractivity contribution is 5.47. The van der Waals surface area contributed by atoms with E-state index in [1.165, 1.54) is 6.07 Å². The maximum absolute atomic E-state index is 13.2. The van der Waals surface area contributed by atoms with Crippen molar-refractivity contribution in [3.8, 4) is 0 Å². The van der Waals surface area contributed by atoms with Crippen LogP contribution >= 0.6 is 0 Å². The van der Waals surface area contributed by atoms with Crippen LogP contribution in [-0.2, 0) is 0 Å². The molecule has 1 fully saturated rings. The van der Waals surface area contributed by atoms with Crippen molar-refractivity contribution in [1.29, 1.82) is 0 Å². The van der Waals surface area contributed by atoms with E-state index in [1.807, 2.05) is 13.1 Å². The van der Waals surface area contributed by atoms with Crippen molar-refractivity contribution in [2.24, 2.45) is 0 Å². The summed E-state index contributed by atoms with van der Waals surface area (Å²) in [4.78, 5) is 4.41. The lowest BCUT2D eigenvalue weighted by Gasteiger charge is -2.38. The van der Waals surface area contributed by atoms with Crippen molar-refractivity contribution in [2.75, 3.05) is 38.2 Å². The van der Waals surface area contributed by atoms with E-state index >= 15 is 0 Å². The summed E-state index contributed by atoms with van der Waals surface area (Å²) in [6.07, 6.45) is 2.25. The van der Waals surface area contributed by atoms with Gasteiger partial charge in [-0.2, -0.15) is 0 Å². The van der Waals surface area contributed by atoms with E-state index < -0.39 is 0 Å². The highest BCUT2D eigenvalue weighted by atomic mass is 19.1. The SMILES string of the molecule is CN(CCO)C1CCCN(c2cccc(F)c2)C1. The average Bonchev–Trinajstić information content (AvgIpc) is 2.39. The van der Waals surface area contributed by atoms with Gasteiger partial charge in [-0.15, -0.1) is 0 Å². The van der Waals surface area contributed by atoms with Crippen molar-refractivity contribution in [2.45, 2.75) is 18.9 Å². The lowest BCUT2D eigenvalue weighted by atomic mass is 10.0. The topological polar surface area (TPSA) is 26.7 Å². The Bertz CT molecular complexity index is 386. The molecule has 4 heteroatoms. The molecule has 100 valence electrons. The van der Waals surface area contributed by atoms with Crippen LogP contribution in [0.25, 0.3) is 0 Å². The first kappa shape index (κ1) is 13.3. The van der Waals surface area contributed by atoms with Gasteiger partial charge in [0.05, 0.1) is 6.61 Å². The van der Waals surface area contributed by atoms with Crippen molar-refractivity contribution >= 4 is 5.69 Å². The zero-order valence-electron chi connectivity index (χ0n) is 10.8. The summed E-state index contributed by atoms with van der Waals surface area (Å²) in [6, 6.07) is 7.22. The molecule has 0 radical (unpaired) electrons. The summed E-state index contributed by atoms with van der Waals surface area (Å²) in [5.41, 5.74) is 0.956. The van der Waals surface area contributed by atoms with Crippen LogP contribution in [0.2, 0.25) is 0 Å². The number of halogens is 1. The maximum Gasteiger partial charge on any atom is 0.125 e. The fourth-order valence-electron chi connectivity index (χ4n) is 2.56. The van der Waals surface area contributed by atoms with Crippen molar-refractivity contribution in [1.82, 2.24) is 4.90 Å². The highest BCUT2D eigenvalue weighted by Gasteiger charge is 2.23. The van der Waals surface area contributed by atoms with Crippen LogP contribution in [0, 0.1) is 5.82 Å². The number of hydrogen-bond acceptors (Lipinski definition) is 3. The van der Waals surface area contributed by atoms with Crippen LogP contribution in [0.15, 0.2) is 24.3 Å². The highest BCUT2D eigenvalue weighted by Crippen LogP contribution is 2.22. The Hall–Kier alpha value is -1.13. The molecule has 2 rings (SSSR count). The number of likely N-dealkylation sites (N-methyl/N-ethyl adjacent to an activating group) is 1. The number of nitrogens with zero attached hydrogens (tertiary/aromatic N) is 2. The van der Waals surface area contributed by atoms with Crippen LogP contribution in [0.4, 0.5) is 10.1 Å². The molecule has 1 atom stereocenters. The van der Waals surface area contributed by atoms with E-state index in [0.29, 0.717) is 12.6 Å². The first-order valence-corrected chi connectivity index (χ1v) is 6.52. The first-order valence-electron chi connectivity index (χ1n) is 6.52. The van der Waals surface area contributed by atoms with Crippen molar-refractivity contribution in [3.63, 3.8) is 0 Å². The quantitative estimate of drug-likeness (QED) is 0.884. The lowest BCUT2D eigenvalue weighted by Crippen LogP contribution is -2.47. The molecule has 0 saturated carbocycles. The molecule has 0 amide bonds. The van der Waals surface area contributed by atoms with Gasteiger partial charge in [-0.1, -0.05) is 6.07 Å². The van der Waals surface area contributed by atoms with E-state index in [-0.39, 0.29) is 12.4 Å². The largest absolute Gasteiger partial charge is 0.395 e. The van der Waals surface area contributed by atoms with E-state index in [1.54, 1.807) is 12.1 Å². The van der Waals surface area contributed by atoms with Crippen LogP contribution in [0.5, 0.6) is 0 Å². The third-order valence-electron chi connectivity index (χ3n) is 3.65. The maximum atomic E-state index is 13.2. The molecule has 1 unspecified atom stereocenters. The first-order chi connectivity index (χ1) is 8.70. The fourth-order valence-corrected chi connectivity index (χ4v) is 2.56. The lowest BCUT2D eigenvalue weighted by molar-refractivity contribution is 0.166. The monoisotopic (exact) mass is 252 g/mol. The molecule has 18 heavy (non-hydrogen) atoms. The van der Waals surface area contributed by atoms with Crippen LogP contribution in [0.1, 0.15) is 12.8 Å². The zero-order chi connectivity index (χ0) is 13.0. The molecule has 1 aromatic rings. The van der Waals surface area contributed by atoms with Gasteiger partial charge in [0.25, 0.3) is 0 Å². The molecule has 1 heterocycles. The Morgan fingerprint density at radius 3 is 3.06 bits per heavy atom. The molecular formula is C14H21FN2O. The molecule has 0 bridgehead atoms. The number of anilines is 1. The Kier molecular flexibility index (Phi) is 4.55. The van der Waals surface area contributed by atoms with Gasteiger partial charge in [-0.25, -0.2) is 4.39 Å². The molecular weight excluding hydrogens is 231 g/mol. The van der Waals surface area contributed by atoms with E-state index in [9.17, 15) is 4.39 Å². The number of benzene rings is 1. The zero-order valence-corrected chi connectivity index (χ0v) is 10.8. The fraction of sp³-hybridized carbons (Fsp3) is 0.571. The predicted octanol–water partition coefficient (Wildman–Crippen LogP) is 1.72. The van der Waals surface area contributed by atoms with Crippen molar-refractivity contribution < 1.29 is 9.50 Å². The molecule has 3 nitrogen and oxygen atoms in total. The molecule has 0 aromatic heterocycles. The summed E-state index contributed by atoms with van der Waals surface area (Å²) in [5, 5.41) is 8.98. The van der Waals surface area contributed by atoms with Gasteiger partial charge in [0, 0.05) is 31.4 Å². The molecule has 1 aliphatic rings. The van der Waals surface area contributed by atoms with E-state index in [4.69, 9.17) is 5.11 Å². The van der Waals surface area contributed by atoms with Crippen LogP contribution in [-0.4, -0.2) is 49.3 Å². The summed E-state index contributed by atoms with van der Waals surface area (Å²) < 4.78 is 13.2. The smallest absolute Gasteiger partial charge is 0.125 e. The van der Waals surface area contributed by atoms with E-state index in [2.05, 4.69) is 9.80 Å². The summed E-state index contributed by atoms with van der Waals surface area (Å²) in [5.74, 6) is -0.182. The third-order valence-corrected chi connectivity index (χ3v) is 3.65. The molecule has 1 aromatic carbocycles. The van der Waals surface area contributed by atoms with Crippen LogP contribution in [0.3, 0.4) is 0 Å². The second kappa shape index (κ2) is 6.16. The number of aliphatic hydroxyl groups is 1. The minimum Gasteiger partial charge on any atom is -0.395 e. The molecule has 1 saturated heterocycles. The van der Waals surface area contributed by atoms with Gasteiger partial charge >= 0.3 is 0 Å². The second-order valence-electron chi connectivity index (χ2n) is 4.93. The standard InChI is InChI=1S/C14H21FN2O/c1-16(8-9-18)14-6-3-7-17(11-14)13-5-2-4-12(15)10-13/h2,4-5,10,14,18H,3,6-9,11H2,1H3. The minimum absolute atomic E-state index is 0.182. The minimum atomic E-state index is -0.182. The van der Waals surface area contributed by atoms with Crippen LogP contribution < -0.4 is 4.90 Å². The Morgan fingerprint density at radius 1 is 1.50 bits per heavy atom. The van der Waals surface area contributed by atoms with Gasteiger partial charge in [0.2, 0.25) is 0 Å². The second-order valence-corrected chi connectivity index (χ2v) is 4.93. The van der Waals surface area contributed by atoms with Gasteiger partial charge in [-0.05, 0) is 38.1 Å². The molecule has 0 aliphatic carbocycles. The normalized spacial score (nSPS) is 20.4. The summed E-state index contributed by atoms with van der Waals surface area (Å²) in [7, 11) is 2.04. The molecule has 1 aliphatic heterocycles.